The van der Waals surface area contributed by atoms with E-state index in [1.807, 2.05) is 59.7 Å². The first kappa shape index (κ1) is 108. The highest BCUT2D eigenvalue weighted by atomic mass is 33.1. The van der Waals surface area contributed by atoms with Crippen LogP contribution in [0.15, 0.2) is 51.9 Å². The van der Waals surface area contributed by atoms with Crippen LogP contribution >= 0.6 is 21.6 Å². The van der Waals surface area contributed by atoms with E-state index in [4.69, 9.17) is 134 Å². The number of nitrogens with two attached hydrogens (primary N) is 1. The molecule has 6 N–H and O–H groups in total. The smallest absolute Gasteiger partial charge is 0.220 e. The number of amides is 4. The molecule has 45 nitrogen and oxygen atoms in total. The summed E-state index contributed by atoms with van der Waals surface area (Å²) in [6.07, 6.45) is 8.60. The Morgan fingerprint density at radius 2 is 0.970 bits per heavy atom. The largest absolute Gasteiger partial charge is 0.377 e. The van der Waals surface area contributed by atoms with E-state index in [9.17, 15) is 19.2 Å². The number of carbonyl (C=O) groups is 4. The second-order valence-electron chi connectivity index (χ2n) is 35.6. The molecule has 0 aliphatic carbocycles. The topological polar surface area (TPSA) is 491 Å². The number of hydrogen-bond donors (Lipinski definition) is 5. The van der Waals surface area contributed by atoms with Crippen molar-refractivity contribution in [2.75, 3.05) is 224 Å². The second kappa shape index (κ2) is 55.5. The molecule has 0 spiro atoms. The number of fused-ring (bicyclic) bond motifs is 12. The number of unbranched alkanes of at least 4 members (excludes halogenated alkanes) is 4. The Labute approximate surface area is 796 Å². The molecule has 0 aromatic carbocycles. The van der Waals surface area contributed by atoms with Crippen molar-refractivity contribution in [3.63, 3.8) is 0 Å². The molecule has 762 valence electrons. The summed E-state index contributed by atoms with van der Waals surface area (Å²) in [5.41, 5.74) is -2.50. The Kier molecular flexibility index (Phi) is 44.3. The molecule has 3 aromatic heterocycles. The Bertz CT molecular complexity index is 3900. The summed E-state index contributed by atoms with van der Waals surface area (Å²) in [5.74, 6) is 3.73. The number of aliphatic imine (C=N–C) groups is 1. The minimum Gasteiger partial charge on any atom is -0.377 e. The van der Waals surface area contributed by atoms with Crippen molar-refractivity contribution in [3.8, 4) is 0 Å². The van der Waals surface area contributed by atoms with Crippen molar-refractivity contribution in [3.05, 3.63) is 48.2 Å². The molecule has 0 radical (unpaired) electrons. The fraction of sp³-hybridized carbons (Fsp3) is 0.830. The van der Waals surface area contributed by atoms with Gasteiger partial charge in [-0.25, -0.2) is 14.3 Å². The third-order valence-electron chi connectivity index (χ3n) is 22.9. The molecule has 9 aliphatic rings. The van der Waals surface area contributed by atoms with Crippen LogP contribution in [-0.2, 0) is 173 Å². The van der Waals surface area contributed by atoms with Gasteiger partial charge in [0.2, 0.25) is 23.6 Å². The third-order valence-corrected chi connectivity index (χ3v) is 25.2. The Morgan fingerprint density at radius 3 is 1.47 bits per heavy atom. The van der Waals surface area contributed by atoms with Gasteiger partial charge in [0, 0.05) is 57.8 Å². The van der Waals surface area contributed by atoms with Crippen molar-refractivity contribution in [1.82, 2.24) is 56.2 Å². The minimum absolute atomic E-state index is 0.00300. The monoisotopic (exact) mass is 1950 g/mol. The Morgan fingerprint density at radius 1 is 0.511 bits per heavy atom. The van der Waals surface area contributed by atoms with Gasteiger partial charge in [-0.2, -0.15) is 5.10 Å². The highest BCUT2D eigenvalue weighted by Gasteiger charge is 2.68. The maximum atomic E-state index is 14.3. The van der Waals surface area contributed by atoms with Crippen molar-refractivity contribution in [2.24, 2.45) is 15.9 Å². The molecule has 135 heavy (non-hydrogen) atoms. The highest BCUT2D eigenvalue weighted by Crippen LogP contribution is 2.50. The Hall–Kier alpha value is -5.93. The number of hydrazone groups is 1. The van der Waals surface area contributed by atoms with Gasteiger partial charge >= 0.3 is 0 Å². The molecular formula is C88H142N14O31S2. The lowest BCUT2D eigenvalue weighted by Gasteiger charge is -2.42. The average Bonchev–Trinajstić information content (AvgIpc) is 1.58. The molecule has 12 rings (SSSR count). The van der Waals surface area contributed by atoms with E-state index >= 15 is 0 Å². The van der Waals surface area contributed by atoms with E-state index in [0.717, 1.165) is 30.0 Å². The fourth-order valence-electron chi connectivity index (χ4n) is 16.8. The summed E-state index contributed by atoms with van der Waals surface area (Å²) in [6.45, 7) is 23.6. The quantitative estimate of drug-likeness (QED) is 0.0178. The molecule has 4 amide bonds. The summed E-state index contributed by atoms with van der Waals surface area (Å²) >= 11 is 0. The van der Waals surface area contributed by atoms with Gasteiger partial charge in [-0.3, -0.25) is 24.2 Å². The van der Waals surface area contributed by atoms with Crippen molar-refractivity contribution < 1.29 is 147 Å². The summed E-state index contributed by atoms with van der Waals surface area (Å²) < 4.78 is 166. The predicted molar refractivity (Wildman–Crippen MR) is 480 cm³/mol. The summed E-state index contributed by atoms with van der Waals surface area (Å²) in [4.78, 5) is 60.0. The maximum Gasteiger partial charge on any atom is 0.220 e. The lowest BCUT2D eigenvalue weighted by molar-refractivity contribution is -0.214. The normalized spacial score (nSPS) is 27.1. The van der Waals surface area contributed by atoms with Gasteiger partial charge in [-0.15, -0.1) is 10.2 Å². The van der Waals surface area contributed by atoms with Gasteiger partial charge in [0.25, 0.3) is 0 Å². The first-order valence-electron chi connectivity index (χ1n) is 46.9. The Balaban J connectivity index is 0.568. The SMILES string of the molecule is CC(=O)N[C@H]1[C@@H]2OC[C@](COCCOCCOCCOCCn3cc(COCC(COCC(C=NCCOCCOCCOCCOC[C@]45CO[C@H](C[C@H]6OC(C)(C)O[C@H]64)O5)=NN)(COCc4cn(CCOCCOCCOCCOC[C@@]56CO[C@@H](O5)[C@H](NC(C)=O)[C@H]5OC(C)(C)O[C@H]56)nn4)NC(=O)CCCCCNC(=O)CCCCCSSc4ccccn4)nn3)(O2)[C@@H]2OC(C)(C)O[C@H]12. The lowest BCUT2D eigenvalue weighted by atomic mass is 9.88. The van der Waals surface area contributed by atoms with E-state index in [1.165, 1.54) is 20.1 Å². The molecule has 9 aliphatic heterocycles. The summed E-state index contributed by atoms with van der Waals surface area (Å²) in [6, 6.07) is 4.82. The maximum absolute atomic E-state index is 14.3. The number of nitrogens with one attached hydrogen (secondary N) is 4. The molecule has 1 unspecified atom stereocenters. The molecule has 6 bridgehead atoms. The zero-order valence-corrected chi connectivity index (χ0v) is 80.8. The molecule has 0 saturated carbocycles. The molecular weight excluding hydrogens is 1810 g/mol. The first-order chi connectivity index (χ1) is 65.4. The number of carbonyl (C=O) groups excluding carboxylic acids is 4. The molecule has 9 saturated heterocycles. The summed E-state index contributed by atoms with van der Waals surface area (Å²) in [7, 11) is 3.42. The van der Waals surface area contributed by atoms with Crippen LogP contribution in [0.3, 0.4) is 0 Å². The van der Waals surface area contributed by atoms with Gasteiger partial charge in [0.05, 0.1) is 256 Å². The van der Waals surface area contributed by atoms with Gasteiger partial charge in [0.15, 0.2) is 36.2 Å². The van der Waals surface area contributed by atoms with Gasteiger partial charge in [-0.1, -0.05) is 40.1 Å². The molecule has 47 heteroatoms. The van der Waals surface area contributed by atoms with Crippen LogP contribution in [0.4, 0.5) is 0 Å². The number of nitrogens with zero attached hydrogens (tertiary/aromatic N) is 9. The van der Waals surface area contributed by atoms with E-state index in [0.29, 0.717) is 227 Å². The van der Waals surface area contributed by atoms with Crippen molar-refractivity contribution >= 4 is 57.1 Å². The molecule has 15 atom stereocenters. The van der Waals surface area contributed by atoms with E-state index in [-0.39, 0.29) is 115 Å². The zero-order valence-electron chi connectivity index (χ0n) is 79.2. The molecule has 3 aromatic rings. The van der Waals surface area contributed by atoms with Gasteiger partial charge in [-0.05, 0) is 90.2 Å². The number of aromatic nitrogens is 7. The predicted octanol–water partition coefficient (Wildman–Crippen LogP) is 2.47. The van der Waals surface area contributed by atoms with Crippen LogP contribution in [-0.4, -0.2) is 401 Å². The zero-order chi connectivity index (χ0) is 95.1. The second-order valence-corrected chi connectivity index (χ2v) is 38.0. The molecule has 9 fully saturated rings. The number of rotatable bonds is 72. The fourth-order valence-corrected chi connectivity index (χ4v) is 18.8. The van der Waals surface area contributed by atoms with Crippen LogP contribution in [0.25, 0.3) is 0 Å². The number of ether oxygens (including phenoxy) is 27. The number of hydrogen-bond acceptors (Lipinski definition) is 41. The highest BCUT2D eigenvalue weighted by molar-refractivity contribution is 8.76. The van der Waals surface area contributed by atoms with Crippen LogP contribution < -0.4 is 27.1 Å². The van der Waals surface area contributed by atoms with Crippen LogP contribution in [0.1, 0.15) is 125 Å². The number of pyridine rings is 1. The first-order valence-corrected chi connectivity index (χ1v) is 49.2. The summed E-state index contributed by atoms with van der Waals surface area (Å²) in [5, 5.41) is 34.4. The standard InChI is InChI=1S/C88H142N14O31S2/c1-63(103)93-73-75-78(130-83(5,6)127-75)87(61-123-80(73)132-87)58-117-44-41-114-38-35-111-32-29-108-26-23-101-49-66(97-99-101)52-120-55-85(95-70(106)18-11-9-14-20-91-69(105)17-12-10-16-46-134-135-71-19-13-15-21-92-71,54-119-51-65(96-89)48-90-22-25-107-28-31-110-34-37-113-40-43-116-57-86-60-122-72(126-86)47-68-77(86)129-82(3,4)125-68)56-121-53-67-50-102(100-98-67)24-27-109-30-33-112-36-39-115-42-45-118-59-88-62-124-81(133-88)74(94-64(2)104)76-79(88)131-84(7,8)128-76/h13,15,19,21,48-50,68,72-81H,9-12,14,16-18,20,22-47,51-62,89H2,1-8H3,(H,91,105)(H,93,103)(H,94,104)(H,95,106)/t68-,72+,73-,74-,75-,76-,77-,78-,79-,80-,81+,85?,86+,87+,88+/m1/s1. The lowest BCUT2D eigenvalue weighted by Crippen LogP contribution is -2.65. The van der Waals surface area contributed by atoms with Gasteiger partial charge < -0.3 is 155 Å². The molecule has 12 heterocycles. The van der Waals surface area contributed by atoms with Crippen LogP contribution in [0.2, 0.25) is 0 Å². The van der Waals surface area contributed by atoms with E-state index in [1.54, 1.807) is 49.5 Å². The van der Waals surface area contributed by atoms with E-state index < -0.39 is 88.8 Å². The van der Waals surface area contributed by atoms with Gasteiger partial charge in [0.1, 0.15) is 87.1 Å². The van der Waals surface area contributed by atoms with Crippen LogP contribution in [0.5, 0.6) is 0 Å². The van der Waals surface area contributed by atoms with Crippen molar-refractivity contribution in [1.29, 1.82) is 0 Å². The average molecular weight is 1960 g/mol. The van der Waals surface area contributed by atoms with E-state index in [2.05, 4.69) is 57.0 Å². The minimum atomic E-state index is -1.32. The van der Waals surface area contributed by atoms with Crippen molar-refractivity contribution in [2.45, 2.75) is 252 Å². The van der Waals surface area contributed by atoms with Crippen LogP contribution in [0, 0.1) is 0 Å². The third kappa shape index (κ3) is 35.0.